The predicted octanol–water partition coefficient (Wildman–Crippen LogP) is 3.36. The maximum Gasteiger partial charge on any atom is 0.328 e. The molecule has 1 aromatic carbocycles. The Hall–Kier alpha value is -2.34. The third-order valence-electron chi connectivity index (χ3n) is 4.16. The van der Waals surface area contributed by atoms with Gasteiger partial charge < -0.3 is 14.2 Å². The molecule has 2 aromatic rings. The summed E-state index contributed by atoms with van der Waals surface area (Å²) in [5.74, 6) is 0.522. The van der Waals surface area contributed by atoms with Crippen molar-refractivity contribution in [3.63, 3.8) is 0 Å². The minimum Gasteiger partial charge on any atom is -0.496 e. The molecule has 134 valence electrons. The molecule has 1 fully saturated rings. The molecule has 0 radical (unpaired) electrons. The summed E-state index contributed by atoms with van der Waals surface area (Å²) in [5, 5.41) is 4.26. The van der Waals surface area contributed by atoms with Crippen molar-refractivity contribution in [1.29, 1.82) is 0 Å². The number of benzene rings is 1. The third kappa shape index (κ3) is 4.02. The average molecular weight is 344 g/mol. The molecule has 1 unspecified atom stereocenters. The number of carbonyl (C=O) groups excluding carboxylic acids is 1. The summed E-state index contributed by atoms with van der Waals surface area (Å²) in [7, 11) is 1.67. The second-order valence-electron chi connectivity index (χ2n) is 6.37. The number of carbonyl (C=O) groups is 1. The zero-order valence-corrected chi connectivity index (χ0v) is 14.9. The molecular formula is C19H24N2O4. The van der Waals surface area contributed by atoms with Gasteiger partial charge in [-0.25, -0.2) is 0 Å². The summed E-state index contributed by atoms with van der Waals surface area (Å²) in [6, 6.07) is 7.87. The largest absolute Gasteiger partial charge is 0.496 e. The molecule has 0 amide bonds. The van der Waals surface area contributed by atoms with Crippen molar-refractivity contribution in [2.75, 3.05) is 13.7 Å². The Morgan fingerprint density at radius 2 is 2.24 bits per heavy atom. The van der Waals surface area contributed by atoms with Gasteiger partial charge in [0.05, 0.1) is 25.0 Å². The van der Waals surface area contributed by atoms with Gasteiger partial charge in [0.15, 0.2) is 0 Å². The van der Waals surface area contributed by atoms with Crippen LogP contribution in [0, 0.1) is 0 Å². The van der Waals surface area contributed by atoms with Gasteiger partial charge in [0.1, 0.15) is 12.3 Å². The first kappa shape index (κ1) is 17.5. The standard InChI is InChI=1S/C19H24N2O4/c1-13(2)25-19(22)12-21-16(8-9-20-21)14-6-7-17(23-3)15(11-14)18-5-4-10-24-18/h6-9,11,13,18H,4-5,10,12H2,1-3H3. The van der Waals surface area contributed by atoms with Crippen LogP contribution in [0.15, 0.2) is 30.5 Å². The van der Waals surface area contributed by atoms with Crippen LogP contribution in [0.2, 0.25) is 0 Å². The fourth-order valence-corrected chi connectivity index (χ4v) is 3.09. The molecule has 25 heavy (non-hydrogen) atoms. The molecule has 3 rings (SSSR count). The SMILES string of the molecule is COc1ccc(-c2ccnn2CC(=O)OC(C)C)cc1C1CCCO1. The van der Waals surface area contributed by atoms with Gasteiger partial charge in [-0.3, -0.25) is 9.48 Å². The van der Waals surface area contributed by atoms with E-state index in [9.17, 15) is 4.79 Å². The Kier molecular flexibility index (Phi) is 5.38. The highest BCUT2D eigenvalue weighted by atomic mass is 16.5. The predicted molar refractivity (Wildman–Crippen MR) is 93.4 cm³/mol. The zero-order chi connectivity index (χ0) is 17.8. The van der Waals surface area contributed by atoms with E-state index in [1.54, 1.807) is 18.0 Å². The maximum atomic E-state index is 12.0. The van der Waals surface area contributed by atoms with E-state index in [1.165, 1.54) is 0 Å². The molecular weight excluding hydrogens is 320 g/mol. The van der Waals surface area contributed by atoms with Gasteiger partial charge in [0, 0.05) is 23.9 Å². The van der Waals surface area contributed by atoms with Gasteiger partial charge in [0.2, 0.25) is 0 Å². The molecule has 0 N–H and O–H groups in total. The topological polar surface area (TPSA) is 62.6 Å². The molecule has 0 saturated carbocycles. The summed E-state index contributed by atoms with van der Waals surface area (Å²) in [6.45, 7) is 4.53. The van der Waals surface area contributed by atoms with Gasteiger partial charge in [-0.1, -0.05) is 0 Å². The van der Waals surface area contributed by atoms with E-state index in [1.807, 2.05) is 32.0 Å². The number of rotatable bonds is 6. The van der Waals surface area contributed by atoms with E-state index in [2.05, 4.69) is 11.2 Å². The summed E-state index contributed by atoms with van der Waals surface area (Å²) in [5.41, 5.74) is 2.87. The number of aromatic nitrogens is 2. The molecule has 6 heteroatoms. The molecule has 1 aliphatic rings. The molecule has 1 aromatic heterocycles. The lowest BCUT2D eigenvalue weighted by Gasteiger charge is -2.16. The van der Waals surface area contributed by atoms with E-state index >= 15 is 0 Å². The second-order valence-corrected chi connectivity index (χ2v) is 6.37. The first-order valence-corrected chi connectivity index (χ1v) is 8.59. The van der Waals surface area contributed by atoms with Gasteiger partial charge >= 0.3 is 5.97 Å². The smallest absolute Gasteiger partial charge is 0.328 e. The van der Waals surface area contributed by atoms with E-state index in [0.717, 1.165) is 42.0 Å². The van der Waals surface area contributed by atoms with Crippen LogP contribution in [0.4, 0.5) is 0 Å². The van der Waals surface area contributed by atoms with E-state index in [-0.39, 0.29) is 24.7 Å². The van der Waals surface area contributed by atoms with Gasteiger partial charge in [-0.15, -0.1) is 0 Å². The van der Waals surface area contributed by atoms with Crippen molar-refractivity contribution in [3.05, 3.63) is 36.0 Å². The zero-order valence-electron chi connectivity index (χ0n) is 14.9. The lowest BCUT2D eigenvalue weighted by molar-refractivity contribution is -0.148. The van der Waals surface area contributed by atoms with Crippen molar-refractivity contribution < 1.29 is 19.0 Å². The number of ether oxygens (including phenoxy) is 3. The van der Waals surface area contributed by atoms with Crippen LogP contribution in [-0.4, -0.2) is 35.6 Å². The van der Waals surface area contributed by atoms with Crippen LogP contribution in [0.1, 0.15) is 38.4 Å². The summed E-state index contributed by atoms with van der Waals surface area (Å²) in [6.07, 6.45) is 3.64. The minimum absolute atomic E-state index is 0.0529. The van der Waals surface area contributed by atoms with E-state index in [4.69, 9.17) is 14.2 Å². The summed E-state index contributed by atoms with van der Waals surface area (Å²) in [4.78, 5) is 12.0. The highest BCUT2D eigenvalue weighted by Crippen LogP contribution is 2.37. The van der Waals surface area contributed by atoms with Gasteiger partial charge in [-0.05, 0) is 51.0 Å². The van der Waals surface area contributed by atoms with Crippen LogP contribution in [0.5, 0.6) is 5.75 Å². The first-order chi connectivity index (χ1) is 12.1. The van der Waals surface area contributed by atoms with Crippen LogP contribution in [0.25, 0.3) is 11.3 Å². The number of methoxy groups -OCH3 is 1. The fraction of sp³-hybridized carbons (Fsp3) is 0.474. The van der Waals surface area contributed by atoms with Crippen LogP contribution in [0.3, 0.4) is 0 Å². The quantitative estimate of drug-likeness (QED) is 0.752. The van der Waals surface area contributed by atoms with Crippen molar-refractivity contribution in [3.8, 4) is 17.0 Å². The molecule has 1 saturated heterocycles. The highest BCUT2D eigenvalue weighted by molar-refractivity contribution is 5.71. The molecule has 6 nitrogen and oxygen atoms in total. The molecule has 2 heterocycles. The lowest BCUT2D eigenvalue weighted by atomic mass is 10.0. The van der Waals surface area contributed by atoms with Crippen LogP contribution in [-0.2, 0) is 20.8 Å². The Bertz CT molecular complexity index is 733. The molecule has 1 aliphatic heterocycles. The molecule has 0 bridgehead atoms. The summed E-state index contributed by atoms with van der Waals surface area (Å²) < 4.78 is 18.2. The van der Waals surface area contributed by atoms with E-state index in [0.29, 0.717) is 0 Å². The normalized spacial score (nSPS) is 17.0. The van der Waals surface area contributed by atoms with Gasteiger partial charge in [0.25, 0.3) is 0 Å². The highest BCUT2D eigenvalue weighted by Gasteiger charge is 2.22. The Balaban J connectivity index is 1.88. The number of hydrogen-bond donors (Lipinski definition) is 0. The second kappa shape index (κ2) is 7.70. The summed E-state index contributed by atoms with van der Waals surface area (Å²) >= 11 is 0. The Morgan fingerprint density at radius 1 is 1.40 bits per heavy atom. The molecule has 0 spiro atoms. The van der Waals surface area contributed by atoms with Crippen LogP contribution >= 0.6 is 0 Å². The molecule has 0 aliphatic carbocycles. The Labute approximate surface area is 147 Å². The average Bonchev–Trinajstić information content (AvgIpc) is 3.25. The van der Waals surface area contributed by atoms with E-state index < -0.39 is 0 Å². The van der Waals surface area contributed by atoms with Crippen LogP contribution < -0.4 is 4.74 Å². The number of hydrogen-bond acceptors (Lipinski definition) is 5. The first-order valence-electron chi connectivity index (χ1n) is 8.59. The van der Waals surface area contributed by atoms with Crippen molar-refractivity contribution in [2.24, 2.45) is 0 Å². The lowest BCUT2D eigenvalue weighted by Crippen LogP contribution is -2.18. The van der Waals surface area contributed by atoms with Crippen molar-refractivity contribution in [2.45, 2.75) is 45.4 Å². The van der Waals surface area contributed by atoms with Crippen molar-refractivity contribution >= 4 is 5.97 Å². The maximum absolute atomic E-state index is 12.0. The van der Waals surface area contributed by atoms with Crippen molar-refractivity contribution in [1.82, 2.24) is 9.78 Å². The monoisotopic (exact) mass is 344 g/mol. The Morgan fingerprint density at radius 3 is 2.92 bits per heavy atom. The number of esters is 1. The van der Waals surface area contributed by atoms with Gasteiger partial charge in [-0.2, -0.15) is 5.10 Å². The molecule has 1 atom stereocenters. The third-order valence-corrected chi connectivity index (χ3v) is 4.16. The minimum atomic E-state index is -0.298. The number of nitrogens with zero attached hydrogens (tertiary/aromatic N) is 2. The fourth-order valence-electron chi connectivity index (χ4n) is 3.09.